The van der Waals surface area contributed by atoms with E-state index in [0.717, 1.165) is 38.2 Å². The van der Waals surface area contributed by atoms with Crippen LogP contribution < -0.4 is 16.1 Å². The Morgan fingerprint density at radius 1 is 0.500 bits per heavy atom. The summed E-state index contributed by atoms with van der Waals surface area (Å²) in [5.41, 5.74) is 1.55. The van der Waals surface area contributed by atoms with Gasteiger partial charge >= 0.3 is 19.5 Å². The number of alkyl halides is 6. The summed E-state index contributed by atoms with van der Waals surface area (Å²) in [6.07, 6.45) is 1.44. The number of carbonyl (C=O) groups is 2. The first kappa shape index (κ1) is 54.9. The number of halogens is 9. The Morgan fingerprint density at radius 2 is 0.987 bits per heavy atom. The third-order valence-electron chi connectivity index (χ3n) is 10.7. The van der Waals surface area contributed by atoms with Crippen molar-refractivity contribution >= 4 is 52.0 Å². The first-order valence-electron chi connectivity index (χ1n) is 22.4. The molecule has 392 valence electrons. The minimum absolute atomic E-state index is 0.0614. The molecular formula is C52H34BBrF8N12O4. The van der Waals surface area contributed by atoms with Crippen molar-refractivity contribution in [1.82, 2.24) is 49.5 Å². The molecule has 0 unspecified atom stereocenters. The van der Waals surface area contributed by atoms with E-state index in [4.69, 9.17) is 10.0 Å². The van der Waals surface area contributed by atoms with Crippen LogP contribution in [0.25, 0.3) is 45.0 Å². The third kappa shape index (κ3) is 14.1. The van der Waals surface area contributed by atoms with Gasteiger partial charge in [0.15, 0.2) is 0 Å². The summed E-state index contributed by atoms with van der Waals surface area (Å²) < 4.78 is 109. The van der Waals surface area contributed by atoms with Gasteiger partial charge in [0.2, 0.25) is 11.9 Å². The third-order valence-corrected chi connectivity index (χ3v) is 11.2. The smallest absolute Gasteiger partial charge is 0.423 e. The quantitative estimate of drug-likeness (QED) is 0.0573. The molecule has 0 spiro atoms. The zero-order valence-electron chi connectivity index (χ0n) is 39.5. The normalized spacial score (nSPS) is 11.1. The maximum absolute atomic E-state index is 13.7. The van der Waals surface area contributed by atoms with Crippen molar-refractivity contribution in [3.05, 3.63) is 222 Å². The molecule has 0 bridgehead atoms. The second-order valence-corrected chi connectivity index (χ2v) is 17.0. The molecule has 2 aromatic carbocycles. The standard InChI is InChI=1S/C26H16F4N6O.C21H13BrF3N5O.C5H5BFNO2/c27-23-8-6-18(14-32-23)16-3-1-4-17(11-16)25(37)34-24-9-7-20(15-33-24)36-22(26(28,29)30)12-21(35-36)19-5-2-10-31-13-19;22-15-5-1-3-13(9-15)20(31)28-19-7-6-16(12-27-19)30-18(21(23,24)25)10-17(29-30)14-4-2-8-26-11-14;7-5-2-1-4(3-8-5)6(9)10/h1-15H,(H,33,34,37);1-12H,(H,27,28,31);1-3,9-10H. The Bertz CT molecular complexity index is 3650. The summed E-state index contributed by atoms with van der Waals surface area (Å²) in [5.74, 6) is -1.79. The van der Waals surface area contributed by atoms with Crippen molar-refractivity contribution in [3.63, 3.8) is 0 Å². The molecule has 16 nitrogen and oxygen atoms in total. The van der Waals surface area contributed by atoms with Crippen LogP contribution in [0.5, 0.6) is 0 Å². The van der Waals surface area contributed by atoms with Crippen molar-refractivity contribution in [2.75, 3.05) is 10.6 Å². The van der Waals surface area contributed by atoms with E-state index < -0.39 is 54.6 Å². The van der Waals surface area contributed by atoms with Gasteiger partial charge in [0.25, 0.3) is 11.8 Å². The number of benzene rings is 2. The lowest BCUT2D eigenvalue weighted by atomic mass is 9.82. The maximum atomic E-state index is 13.7. The van der Waals surface area contributed by atoms with Gasteiger partial charge in [-0.1, -0.05) is 40.2 Å². The average molecular weight is 1130 g/mol. The number of hydrogen-bond donors (Lipinski definition) is 4. The maximum Gasteiger partial charge on any atom is 0.490 e. The minimum Gasteiger partial charge on any atom is -0.423 e. The van der Waals surface area contributed by atoms with Gasteiger partial charge in [-0.2, -0.15) is 45.3 Å². The minimum atomic E-state index is -4.66. The van der Waals surface area contributed by atoms with E-state index in [1.807, 2.05) is 0 Å². The van der Waals surface area contributed by atoms with Gasteiger partial charge in [-0.05, 0) is 115 Å². The van der Waals surface area contributed by atoms with Crippen molar-refractivity contribution in [2.45, 2.75) is 12.4 Å². The molecule has 8 heterocycles. The summed E-state index contributed by atoms with van der Waals surface area (Å²) >= 11 is 3.29. The number of pyridine rings is 6. The van der Waals surface area contributed by atoms with E-state index >= 15 is 0 Å². The highest BCUT2D eigenvalue weighted by atomic mass is 79.9. The highest BCUT2D eigenvalue weighted by Crippen LogP contribution is 2.35. The van der Waals surface area contributed by atoms with E-state index in [0.29, 0.717) is 33.4 Å². The monoisotopic (exact) mass is 1130 g/mol. The fourth-order valence-electron chi connectivity index (χ4n) is 6.97. The molecule has 10 rings (SSSR count). The van der Waals surface area contributed by atoms with Crippen LogP contribution in [0.4, 0.5) is 46.8 Å². The Morgan fingerprint density at radius 3 is 1.40 bits per heavy atom. The van der Waals surface area contributed by atoms with Gasteiger partial charge in [0.1, 0.15) is 23.0 Å². The Labute approximate surface area is 444 Å². The Hall–Kier alpha value is -9.40. The zero-order valence-corrected chi connectivity index (χ0v) is 41.1. The van der Waals surface area contributed by atoms with Crippen LogP contribution in [0.15, 0.2) is 188 Å². The topological polar surface area (TPSA) is 212 Å². The van der Waals surface area contributed by atoms with Crippen LogP contribution in [-0.4, -0.2) is 78.4 Å². The highest BCUT2D eigenvalue weighted by molar-refractivity contribution is 9.10. The molecule has 8 aromatic heterocycles. The predicted octanol–water partition coefficient (Wildman–Crippen LogP) is 10.1. The van der Waals surface area contributed by atoms with Crippen LogP contribution in [0.3, 0.4) is 0 Å². The number of rotatable bonds is 10. The van der Waals surface area contributed by atoms with Gasteiger partial charge in [0.05, 0.1) is 35.2 Å². The van der Waals surface area contributed by atoms with Gasteiger partial charge in [0, 0.05) is 74.9 Å². The number of carbonyl (C=O) groups excluding carboxylic acids is 2. The molecule has 0 aliphatic heterocycles. The summed E-state index contributed by atoms with van der Waals surface area (Å²) in [5, 5.41) is 30.4. The van der Waals surface area contributed by atoms with Gasteiger partial charge < -0.3 is 20.7 Å². The van der Waals surface area contributed by atoms with E-state index in [1.165, 1.54) is 79.8 Å². The van der Waals surface area contributed by atoms with Gasteiger partial charge in [-0.3, -0.25) is 19.6 Å². The second kappa shape index (κ2) is 24.1. The summed E-state index contributed by atoms with van der Waals surface area (Å²) in [6, 6.07) is 32.4. The first-order valence-corrected chi connectivity index (χ1v) is 23.2. The Kier molecular flexibility index (Phi) is 16.9. The number of nitrogens with one attached hydrogen (secondary N) is 2. The van der Waals surface area contributed by atoms with Gasteiger partial charge in [-0.15, -0.1) is 0 Å². The lowest BCUT2D eigenvalue weighted by Crippen LogP contribution is -2.30. The molecule has 4 N–H and O–H groups in total. The molecule has 0 aliphatic carbocycles. The predicted molar refractivity (Wildman–Crippen MR) is 273 cm³/mol. The van der Waals surface area contributed by atoms with Crippen LogP contribution in [-0.2, 0) is 12.4 Å². The van der Waals surface area contributed by atoms with Crippen LogP contribution in [0, 0.1) is 11.9 Å². The van der Waals surface area contributed by atoms with Crippen molar-refractivity contribution in [2.24, 2.45) is 0 Å². The lowest BCUT2D eigenvalue weighted by molar-refractivity contribution is -0.143. The second-order valence-electron chi connectivity index (χ2n) is 16.1. The van der Waals surface area contributed by atoms with E-state index in [9.17, 15) is 44.7 Å². The molecule has 0 saturated carbocycles. The first-order chi connectivity index (χ1) is 37.3. The fraction of sp³-hybridized carbons (Fsp3) is 0.0385. The number of amides is 2. The van der Waals surface area contributed by atoms with Crippen molar-refractivity contribution in [3.8, 4) is 45.0 Å². The van der Waals surface area contributed by atoms with Crippen molar-refractivity contribution < 1.29 is 54.8 Å². The van der Waals surface area contributed by atoms with Crippen molar-refractivity contribution in [1.29, 1.82) is 0 Å². The van der Waals surface area contributed by atoms with Crippen LogP contribution in [0.2, 0.25) is 0 Å². The molecule has 0 radical (unpaired) electrons. The molecule has 2 amide bonds. The SMILES string of the molecule is O=C(Nc1ccc(-n2nc(-c3cccnc3)cc2C(F)(F)F)cn1)c1cccc(-c2ccc(F)nc2)c1.O=C(Nc1ccc(-n2nc(-c3cccnc3)cc2C(F)(F)F)cn1)c1cccc(Br)c1.OB(O)c1ccc(F)nc1. The van der Waals surface area contributed by atoms with E-state index in [2.05, 4.69) is 66.7 Å². The largest absolute Gasteiger partial charge is 0.490 e. The van der Waals surface area contributed by atoms with Crippen LogP contribution >= 0.6 is 15.9 Å². The van der Waals surface area contributed by atoms with Crippen LogP contribution in [0.1, 0.15) is 32.1 Å². The van der Waals surface area contributed by atoms with E-state index in [-0.39, 0.29) is 39.9 Å². The molecule has 0 fully saturated rings. The number of anilines is 2. The van der Waals surface area contributed by atoms with Gasteiger partial charge in [-0.25, -0.2) is 29.3 Å². The molecule has 26 heteroatoms. The number of aromatic nitrogens is 10. The lowest BCUT2D eigenvalue weighted by Gasteiger charge is -2.11. The molecule has 0 aliphatic rings. The highest BCUT2D eigenvalue weighted by Gasteiger charge is 2.38. The fourth-order valence-corrected chi connectivity index (χ4v) is 7.37. The molecule has 10 aromatic rings. The summed E-state index contributed by atoms with van der Waals surface area (Å²) in [7, 11) is -1.58. The Balaban J connectivity index is 0.000000177. The molecule has 0 atom stereocenters. The molecular weight excluding hydrogens is 1100 g/mol. The van der Waals surface area contributed by atoms with E-state index in [1.54, 1.807) is 78.9 Å². The molecule has 78 heavy (non-hydrogen) atoms. The molecule has 0 saturated heterocycles. The summed E-state index contributed by atoms with van der Waals surface area (Å²) in [6.45, 7) is 0. The number of nitrogens with zero attached hydrogens (tertiary/aromatic N) is 10. The zero-order chi connectivity index (χ0) is 55.6. The number of hydrogen-bond acceptors (Lipinski definition) is 12. The summed E-state index contributed by atoms with van der Waals surface area (Å²) in [4.78, 5) is 47.9. The average Bonchev–Trinajstić information content (AvgIpc) is 4.12.